The Kier molecular flexibility index (Phi) is 14.2. The van der Waals surface area contributed by atoms with Crippen molar-refractivity contribution in [3.63, 3.8) is 0 Å². The molecule has 0 aliphatic carbocycles. The van der Waals surface area contributed by atoms with E-state index in [4.69, 9.17) is 0 Å². The minimum absolute atomic E-state index is 0. The Labute approximate surface area is 92.4 Å². The Bertz CT molecular complexity index is 63.0. The van der Waals surface area contributed by atoms with Crippen LogP contribution in [-0.2, 0) is 0 Å². The van der Waals surface area contributed by atoms with E-state index in [1.807, 2.05) is 0 Å². The van der Waals surface area contributed by atoms with Gasteiger partial charge in [0.1, 0.15) is 0 Å². The second-order valence-electron chi connectivity index (χ2n) is 2.93. The molecule has 0 rings (SSSR count). The van der Waals surface area contributed by atoms with Crippen LogP contribution in [0.25, 0.3) is 0 Å². The van der Waals surface area contributed by atoms with Crippen LogP contribution in [0.4, 0.5) is 0 Å². The van der Waals surface area contributed by atoms with Gasteiger partial charge in [-0.2, -0.15) is 0 Å². The minimum Gasteiger partial charge on any atom is -1.00 e. The molecule has 0 fully saturated rings. The molecule has 0 bridgehead atoms. The summed E-state index contributed by atoms with van der Waals surface area (Å²) in [6.45, 7) is 4.57. The number of hydrogen-bond acceptors (Lipinski definition) is 0. The van der Waals surface area contributed by atoms with Gasteiger partial charge in [-0.1, -0.05) is 49.0 Å². The summed E-state index contributed by atoms with van der Waals surface area (Å²) >= 11 is 3.42. The van der Waals surface area contributed by atoms with Crippen molar-refractivity contribution in [2.24, 2.45) is 5.92 Å². The maximum Gasteiger partial charge on any atom is 2.00 e. The zero-order valence-corrected chi connectivity index (χ0v) is 10.2. The predicted molar refractivity (Wildman–Crippen MR) is 55.1 cm³/mol. The summed E-state index contributed by atoms with van der Waals surface area (Å²) in [5.41, 5.74) is 0. The van der Waals surface area contributed by atoms with E-state index in [9.17, 15) is 0 Å². The first-order chi connectivity index (χ1) is 4.27. The molecule has 0 spiro atoms. The van der Waals surface area contributed by atoms with Crippen molar-refractivity contribution in [2.45, 2.75) is 39.5 Å². The normalized spacial score (nSPS) is 9.60. The standard InChI is InChI=1S/C8H17Br.Mg.2H/c1-8(2)6-4-3-5-7-9;;;/h8H,3-7H2,1-2H3;;;/q;+2;2*-1. The van der Waals surface area contributed by atoms with Crippen LogP contribution in [0.3, 0.4) is 0 Å². The Hall–Kier alpha value is 1.25. The molecule has 2 heteroatoms. The topological polar surface area (TPSA) is 0 Å². The van der Waals surface area contributed by atoms with Crippen LogP contribution in [0.5, 0.6) is 0 Å². The molecule has 0 aliphatic heterocycles. The largest absolute Gasteiger partial charge is 2.00 e. The van der Waals surface area contributed by atoms with Gasteiger partial charge in [0.15, 0.2) is 0 Å². The molecule has 60 valence electrons. The molecule has 0 heterocycles. The van der Waals surface area contributed by atoms with Crippen molar-refractivity contribution in [1.82, 2.24) is 0 Å². The summed E-state index contributed by atoms with van der Waals surface area (Å²) in [6, 6.07) is 0. The molecule has 0 aromatic heterocycles. The van der Waals surface area contributed by atoms with Crippen molar-refractivity contribution >= 4 is 39.0 Å². The zero-order valence-electron chi connectivity index (χ0n) is 9.20. The first kappa shape index (κ1) is 13.8. The Balaban J connectivity index is -0.000000107. The molecule has 0 saturated carbocycles. The quantitative estimate of drug-likeness (QED) is 0.377. The van der Waals surface area contributed by atoms with Crippen molar-refractivity contribution in [3.8, 4) is 0 Å². The zero-order chi connectivity index (χ0) is 7.11. The molecule has 0 amide bonds. The van der Waals surface area contributed by atoms with E-state index in [1.54, 1.807) is 0 Å². The Morgan fingerprint density at radius 3 is 2.20 bits per heavy atom. The Morgan fingerprint density at radius 2 is 1.80 bits per heavy atom. The molecule has 0 saturated heterocycles. The van der Waals surface area contributed by atoms with Gasteiger partial charge in [0, 0.05) is 5.33 Å². The fourth-order valence-electron chi connectivity index (χ4n) is 0.824. The number of rotatable bonds is 5. The van der Waals surface area contributed by atoms with Crippen molar-refractivity contribution in [1.29, 1.82) is 0 Å². The van der Waals surface area contributed by atoms with Crippen molar-refractivity contribution in [2.75, 3.05) is 5.33 Å². The number of alkyl halides is 1. The third-order valence-electron chi connectivity index (χ3n) is 1.42. The molecule has 0 aromatic rings. The summed E-state index contributed by atoms with van der Waals surface area (Å²) in [5, 5.41) is 1.17. The van der Waals surface area contributed by atoms with Gasteiger partial charge in [0.05, 0.1) is 0 Å². The number of halogens is 1. The smallest absolute Gasteiger partial charge is 1.00 e. The minimum atomic E-state index is 0. The van der Waals surface area contributed by atoms with E-state index in [0.29, 0.717) is 0 Å². The maximum absolute atomic E-state index is 3.42. The van der Waals surface area contributed by atoms with Crippen LogP contribution in [0, 0.1) is 5.92 Å². The molecule has 10 heavy (non-hydrogen) atoms. The Morgan fingerprint density at radius 1 is 1.20 bits per heavy atom. The van der Waals surface area contributed by atoms with Crippen LogP contribution in [0.2, 0.25) is 0 Å². The van der Waals surface area contributed by atoms with Gasteiger partial charge in [0.25, 0.3) is 0 Å². The van der Waals surface area contributed by atoms with Crippen LogP contribution < -0.4 is 0 Å². The molecule has 0 radical (unpaired) electrons. The summed E-state index contributed by atoms with van der Waals surface area (Å²) in [6.07, 6.45) is 5.53. The molecule has 0 aliphatic rings. The van der Waals surface area contributed by atoms with Crippen LogP contribution in [0.1, 0.15) is 42.4 Å². The van der Waals surface area contributed by atoms with Crippen LogP contribution in [0.15, 0.2) is 0 Å². The van der Waals surface area contributed by atoms with Gasteiger partial charge in [-0.15, -0.1) is 0 Å². The van der Waals surface area contributed by atoms with E-state index in [1.165, 1.54) is 31.0 Å². The average Bonchev–Trinajstić information content (AvgIpc) is 1.80. The molecule has 0 aromatic carbocycles. The molecule has 0 N–H and O–H groups in total. The van der Waals surface area contributed by atoms with Gasteiger partial charge in [-0.3, -0.25) is 0 Å². The summed E-state index contributed by atoms with van der Waals surface area (Å²) in [5.74, 6) is 0.889. The van der Waals surface area contributed by atoms with Gasteiger partial charge < -0.3 is 2.85 Å². The van der Waals surface area contributed by atoms with Gasteiger partial charge >= 0.3 is 23.1 Å². The maximum atomic E-state index is 3.42. The van der Waals surface area contributed by atoms with Gasteiger partial charge in [-0.25, -0.2) is 0 Å². The van der Waals surface area contributed by atoms with Crippen molar-refractivity contribution < 1.29 is 2.85 Å². The van der Waals surface area contributed by atoms with Crippen LogP contribution >= 0.6 is 15.9 Å². The number of hydrogen-bond donors (Lipinski definition) is 0. The summed E-state index contributed by atoms with van der Waals surface area (Å²) in [7, 11) is 0. The molecular formula is C8H19BrMg. The molecule has 0 atom stereocenters. The SMILES string of the molecule is CC(C)CCCCCBr.[H-].[H-].[Mg+2]. The van der Waals surface area contributed by atoms with E-state index in [0.717, 1.165) is 5.92 Å². The van der Waals surface area contributed by atoms with E-state index >= 15 is 0 Å². The average molecular weight is 219 g/mol. The monoisotopic (exact) mass is 218 g/mol. The summed E-state index contributed by atoms with van der Waals surface area (Å²) in [4.78, 5) is 0. The molecular weight excluding hydrogens is 200 g/mol. The van der Waals surface area contributed by atoms with Gasteiger partial charge in [0.2, 0.25) is 0 Å². The first-order valence-corrected chi connectivity index (χ1v) is 4.95. The third-order valence-corrected chi connectivity index (χ3v) is 1.98. The number of unbranched alkanes of at least 4 members (excludes halogenated alkanes) is 2. The second-order valence-corrected chi connectivity index (χ2v) is 3.73. The summed E-state index contributed by atoms with van der Waals surface area (Å²) < 4.78 is 0. The van der Waals surface area contributed by atoms with E-state index in [2.05, 4.69) is 29.8 Å². The van der Waals surface area contributed by atoms with Crippen LogP contribution in [-0.4, -0.2) is 28.4 Å². The molecule has 0 nitrogen and oxygen atoms in total. The third kappa shape index (κ3) is 12.0. The fraction of sp³-hybridized carbons (Fsp3) is 1.00. The second kappa shape index (κ2) is 10.2. The van der Waals surface area contributed by atoms with E-state index < -0.39 is 0 Å². The molecule has 0 unspecified atom stereocenters. The first-order valence-electron chi connectivity index (χ1n) is 3.83. The van der Waals surface area contributed by atoms with E-state index in [-0.39, 0.29) is 25.9 Å². The fourth-order valence-corrected chi connectivity index (χ4v) is 1.22. The van der Waals surface area contributed by atoms with Gasteiger partial charge in [-0.05, 0) is 12.3 Å². The predicted octanol–water partition coefficient (Wildman–Crippen LogP) is 3.44. The van der Waals surface area contributed by atoms with Crippen molar-refractivity contribution in [3.05, 3.63) is 0 Å².